The van der Waals surface area contributed by atoms with E-state index >= 15 is 0 Å². The highest BCUT2D eigenvalue weighted by Crippen LogP contribution is 2.24. The molecule has 0 aliphatic carbocycles. The fraction of sp³-hybridized carbons (Fsp3) is 0.222. The second-order valence-electron chi connectivity index (χ2n) is 5.73. The van der Waals surface area contributed by atoms with Crippen molar-refractivity contribution in [2.75, 3.05) is 11.9 Å². The molecule has 25 heavy (non-hydrogen) atoms. The van der Waals surface area contributed by atoms with Crippen LogP contribution >= 0.6 is 39.7 Å². The molecule has 1 amide bonds. The summed E-state index contributed by atoms with van der Waals surface area (Å²) in [5.74, 6) is 0.502. The van der Waals surface area contributed by atoms with E-state index in [4.69, 9.17) is 28.6 Å². The van der Waals surface area contributed by atoms with E-state index in [-0.39, 0.29) is 11.0 Å². The number of ether oxygens (including phenoxy) is 1. The van der Waals surface area contributed by atoms with Gasteiger partial charge in [-0.25, -0.2) is 0 Å². The zero-order valence-corrected chi connectivity index (χ0v) is 17.0. The number of carbonyl (C=O) groups is 1. The lowest BCUT2D eigenvalue weighted by atomic mass is 10.2. The highest BCUT2D eigenvalue weighted by Gasteiger charge is 2.15. The Morgan fingerprint density at radius 3 is 2.68 bits per heavy atom. The molecule has 0 aliphatic heterocycles. The standard InChI is InChI=1S/C18H18BrClN2O2S/c1-11(2)10-24-16-8-7-12(19)9-13(16)17(23)22-18(25)21-15-6-4-3-5-14(15)20/h3-9,11H,10H2,1-2H3,(H2,21,22,23,25). The summed E-state index contributed by atoms with van der Waals surface area (Å²) in [7, 11) is 0. The Kier molecular flexibility index (Phi) is 7.23. The summed E-state index contributed by atoms with van der Waals surface area (Å²) >= 11 is 14.7. The predicted molar refractivity (Wildman–Crippen MR) is 110 cm³/mol. The van der Waals surface area contributed by atoms with Crippen LogP contribution < -0.4 is 15.4 Å². The number of para-hydroxylation sites is 1. The summed E-state index contributed by atoms with van der Waals surface area (Å²) in [6.45, 7) is 4.60. The quantitative estimate of drug-likeness (QED) is 0.621. The van der Waals surface area contributed by atoms with E-state index in [1.54, 1.807) is 24.3 Å². The zero-order valence-electron chi connectivity index (χ0n) is 13.8. The maximum Gasteiger partial charge on any atom is 0.261 e. The summed E-state index contributed by atoms with van der Waals surface area (Å²) in [6, 6.07) is 12.4. The Labute approximate surface area is 166 Å². The number of amides is 1. The highest BCUT2D eigenvalue weighted by molar-refractivity contribution is 9.10. The summed E-state index contributed by atoms with van der Waals surface area (Å²) in [4.78, 5) is 12.6. The normalized spacial score (nSPS) is 10.4. The van der Waals surface area contributed by atoms with E-state index in [2.05, 4.69) is 26.6 Å². The summed E-state index contributed by atoms with van der Waals surface area (Å²) in [6.07, 6.45) is 0. The third kappa shape index (κ3) is 5.99. The van der Waals surface area contributed by atoms with Crippen molar-refractivity contribution in [1.82, 2.24) is 5.32 Å². The zero-order chi connectivity index (χ0) is 18.4. The summed E-state index contributed by atoms with van der Waals surface area (Å²) in [5, 5.41) is 6.24. The van der Waals surface area contributed by atoms with Gasteiger partial charge in [0.15, 0.2) is 5.11 Å². The van der Waals surface area contributed by atoms with Crippen LogP contribution in [0.3, 0.4) is 0 Å². The lowest BCUT2D eigenvalue weighted by molar-refractivity contribution is 0.0973. The molecule has 0 saturated heterocycles. The number of nitrogens with one attached hydrogen (secondary N) is 2. The predicted octanol–water partition coefficient (Wildman–Crippen LogP) is 5.26. The van der Waals surface area contributed by atoms with E-state index < -0.39 is 0 Å². The highest BCUT2D eigenvalue weighted by atomic mass is 79.9. The Bertz CT molecular complexity index is 783. The van der Waals surface area contributed by atoms with Crippen molar-refractivity contribution in [3.8, 4) is 5.75 Å². The van der Waals surface area contributed by atoms with Crippen LogP contribution in [0.2, 0.25) is 5.02 Å². The molecule has 0 spiro atoms. The average Bonchev–Trinajstić information content (AvgIpc) is 2.55. The molecule has 0 saturated carbocycles. The second kappa shape index (κ2) is 9.17. The molecule has 2 aromatic rings. The molecule has 2 N–H and O–H groups in total. The van der Waals surface area contributed by atoms with E-state index in [9.17, 15) is 4.79 Å². The van der Waals surface area contributed by atoms with Crippen LogP contribution in [0.1, 0.15) is 24.2 Å². The number of rotatable bonds is 5. The Balaban J connectivity index is 2.10. The van der Waals surface area contributed by atoms with Gasteiger partial charge in [-0.3, -0.25) is 10.1 Å². The molecule has 0 radical (unpaired) electrons. The SMILES string of the molecule is CC(C)COc1ccc(Br)cc1C(=O)NC(=S)Nc1ccccc1Cl. The molecule has 4 nitrogen and oxygen atoms in total. The van der Waals surface area contributed by atoms with E-state index in [0.717, 1.165) is 4.47 Å². The van der Waals surface area contributed by atoms with E-state index in [1.807, 2.05) is 32.0 Å². The van der Waals surface area contributed by atoms with Crippen molar-refractivity contribution < 1.29 is 9.53 Å². The van der Waals surface area contributed by atoms with Crippen molar-refractivity contribution in [1.29, 1.82) is 0 Å². The van der Waals surface area contributed by atoms with Gasteiger partial charge in [-0.05, 0) is 48.5 Å². The molecule has 7 heteroatoms. The molecule has 0 aliphatic rings. The number of benzene rings is 2. The van der Waals surface area contributed by atoms with Gasteiger partial charge in [-0.15, -0.1) is 0 Å². The number of thiocarbonyl (C=S) groups is 1. The molecular weight excluding hydrogens is 424 g/mol. The fourth-order valence-electron chi connectivity index (χ4n) is 1.95. The minimum absolute atomic E-state index is 0.160. The number of carbonyl (C=O) groups excluding carboxylic acids is 1. The van der Waals surface area contributed by atoms with Gasteiger partial charge in [0.05, 0.1) is 22.9 Å². The molecule has 0 fully saturated rings. The van der Waals surface area contributed by atoms with Crippen LogP contribution in [-0.4, -0.2) is 17.6 Å². The first kappa shape index (κ1) is 19.7. The van der Waals surface area contributed by atoms with Crippen LogP contribution in [0.15, 0.2) is 46.9 Å². The molecule has 0 unspecified atom stereocenters. The summed E-state index contributed by atoms with van der Waals surface area (Å²) in [5.41, 5.74) is 1.03. The Morgan fingerprint density at radius 2 is 2.00 bits per heavy atom. The van der Waals surface area contributed by atoms with Crippen LogP contribution in [0.25, 0.3) is 0 Å². The number of anilines is 1. The van der Waals surface area contributed by atoms with Gasteiger partial charge in [0.25, 0.3) is 5.91 Å². The third-order valence-electron chi connectivity index (χ3n) is 3.11. The maximum absolute atomic E-state index is 12.6. The molecule has 132 valence electrons. The minimum atomic E-state index is -0.357. The minimum Gasteiger partial charge on any atom is -0.492 e. The lowest BCUT2D eigenvalue weighted by Crippen LogP contribution is -2.34. The summed E-state index contributed by atoms with van der Waals surface area (Å²) < 4.78 is 6.50. The van der Waals surface area contributed by atoms with Gasteiger partial charge >= 0.3 is 0 Å². The first-order valence-electron chi connectivity index (χ1n) is 7.66. The largest absolute Gasteiger partial charge is 0.492 e. The number of halogens is 2. The molecule has 0 atom stereocenters. The molecule has 0 aromatic heterocycles. The van der Waals surface area contributed by atoms with Crippen molar-refractivity contribution in [3.63, 3.8) is 0 Å². The first-order valence-corrected chi connectivity index (χ1v) is 9.24. The fourth-order valence-corrected chi connectivity index (χ4v) is 2.70. The first-order chi connectivity index (χ1) is 11.9. The van der Waals surface area contributed by atoms with Crippen molar-refractivity contribution in [2.45, 2.75) is 13.8 Å². The Morgan fingerprint density at radius 1 is 1.28 bits per heavy atom. The van der Waals surface area contributed by atoms with E-state index in [0.29, 0.717) is 34.5 Å². The topological polar surface area (TPSA) is 50.4 Å². The van der Waals surface area contributed by atoms with Crippen LogP contribution in [0, 0.1) is 5.92 Å². The maximum atomic E-state index is 12.6. The molecule has 2 aromatic carbocycles. The Hall–Kier alpha value is -1.63. The van der Waals surface area contributed by atoms with Crippen molar-refractivity contribution in [2.24, 2.45) is 5.92 Å². The molecular formula is C18H18BrClN2O2S. The third-order valence-corrected chi connectivity index (χ3v) is 4.13. The van der Waals surface area contributed by atoms with Gasteiger partial charge in [0, 0.05) is 4.47 Å². The van der Waals surface area contributed by atoms with Crippen LogP contribution in [0.4, 0.5) is 5.69 Å². The van der Waals surface area contributed by atoms with Gasteiger partial charge in [-0.1, -0.05) is 53.5 Å². The molecule has 0 bridgehead atoms. The van der Waals surface area contributed by atoms with Gasteiger partial charge in [0.1, 0.15) is 5.75 Å². The van der Waals surface area contributed by atoms with E-state index in [1.165, 1.54) is 0 Å². The van der Waals surface area contributed by atoms with Crippen LogP contribution in [0.5, 0.6) is 5.75 Å². The molecule has 0 heterocycles. The van der Waals surface area contributed by atoms with Gasteiger partial charge < -0.3 is 10.1 Å². The van der Waals surface area contributed by atoms with Crippen molar-refractivity contribution in [3.05, 3.63) is 57.5 Å². The monoisotopic (exact) mass is 440 g/mol. The second-order valence-corrected chi connectivity index (χ2v) is 7.46. The van der Waals surface area contributed by atoms with Crippen molar-refractivity contribution >= 4 is 56.5 Å². The number of hydrogen-bond donors (Lipinski definition) is 2. The molecule has 2 rings (SSSR count). The van der Waals surface area contributed by atoms with Gasteiger partial charge in [-0.2, -0.15) is 0 Å². The van der Waals surface area contributed by atoms with Gasteiger partial charge in [0.2, 0.25) is 0 Å². The average molecular weight is 442 g/mol. The lowest BCUT2D eigenvalue weighted by Gasteiger charge is -2.15. The van der Waals surface area contributed by atoms with Crippen LogP contribution in [-0.2, 0) is 0 Å². The smallest absolute Gasteiger partial charge is 0.261 e. The number of hydrogen-bond acceptors (Lipinski definition) is 3.